The molecule has 4 bridgehead atoms. The molecular formula is C25H47N3O2. The zero-order valence-electron chi connectivity index (χ0n) is 20.9. The first-order chi connectivity index (χ1) is 13.8. The molecule has 1 saturated carbocycles. The summed E-state index contributed by atoms with van der Waals surface area (Å²) in [5, 5.41) is 0. The third-order valence-corrected chi connectivity index (χ3v) is 7.40. The van der Waals surface area contributed by atoms with Gasteiger partial charge >= 0.3 is 6.09 Å². The van der Waals surface area contributed by atoms with Crippen molar-refractivity contribution in [2.24, 2.45) is 11.8 Å². The molecule has 0 N–H and O–H groups in total. The Balaban J connectivity index is 0.000000196. The number of fused-ring (bicyclic) bond motifs is 4. The quantitative estimate of drug-likeness (QED) is 0.597. The van der Waals surface area contributed by atoms with Gasteiger partial charge in [-0.2, -0.15) is 0 Å². The van der Waals surface area contributed by atoms with Crippen LogP contribution in [0, 0.1) is 11.8 Å². The van der Waals surface area contributed by atoms with Crippen molar-refractivity contribution >= 4 is 6.09 Å². The summed E-state index contributed by atoms with van der Waals surface area (Å²) in [6.07, 6.45) is 6.63. The van der Waals surface area contributed by atoms with Crippen molar-refractivity contribution in [2.45, 2.75) is 117 Å². The van der Waals surface area contributed by atoms with E-state index in [1.807, 2.05) is 25.7 Å². The molecule has 5 nitrogen and oxygen atoms in total. The largest absolute Gasteiger partial charge is 0.444 e. The van der Waals surface area contributed by atoms with Crippen molar-refractivity contribution < 1.29 is 9.53 Å². The lowest BCUT2D eigenvalue weighted by Crippen LogP contribution is -2.60. The molecule has 1 aliphatic carbocycles. The molecule has 4 fully saturated rings. The fraction of sp³-hybridized carbons (Fsp3) is 0.960. The molecule has 174 valence electrons. The molecule has 0 aromatic rings. The molecular weight excluding hydrogens is 374 g/mol. The summed E-state index contributed by atoms with van der Waals surface area (Å²) < 4.78 is 5.55. The van der Waals surface area contributed by atoms with Crippen LogP contribution >= 0.6 is 0 Å². The summed E-state index contributed by atoms with van der Waals surface area (Å²) in [6.45, 7) is 21.9. The Morgan fingerprint density at radius 3 is 1.73 bits per heavy atom. The van der Waals surface area contributed by atoms with Gasteiger partial charge in [0.1, 0.15) is 5.60 Å². The molecule has 3 aliphatic heterocycles. The van der Waals surface area contributed by atoms with E-state index in [0.29, 0.717) is 12.1 Å². The van der Waals surface area contributed by atoms with Crippen LogP contribution in [0.2, 0.25) is 0 Å². The lowest BCUT2D eigenvalue weighted by Gasteiger charge is -2.46. The number of hydrogen-bond donors (Lipinski definition) is 0. The highest BCUT2D eigenvalue weighted by atomic mass is 16.6. The second-order valence-electron chi connectivity index (χ2n) is 12.4. The van der Waals surface area contributed by atoms with Gasteiger partial charge in [0.2, 0.25) is 0 Å². The molecule has 30 heavy (non-hydrogen) atoms. The normalized spacial score (nSPS) is 32.2. The lowest BCUT2D eigenvalue weighted by molar-refractivity contribution is -0.0196. The van der Waals surface area contributed by atoms with Crippen molar-refractivity contribution in [1.29, 1.82) is 0 Å². The number of carbonyl (C=O) groups excluding carboxylic acids is 1. The minimum Gasteiger partial charge on any atom is -0.444 e. The Bertz CT molecular complexity index is 566. The van der Waals surface area contributed by atoms with E-state index >= 15 is 0 Å². The summed E-state index contributed by atoms with van der Waals surface area (Å²) >= 11 is 0. The van der Waals surface area contributed by atoms with Gasteiger partial charge < -0.3 is 9.64 Å². The zero-order chi connectivity index (χ0) is 22.3. The zero-order valence-corrected chi connectivity index (χ0v) is 20.9. The van der Waals surface area contributed by atoms with Crippen LogP contribution in [0.1, 0.15) is 87.5 Å². The van der Waals surface area contributed by atoms with Gasteiger partial charge in [0.05, 0.1) is 0 Å². The maximum absolute atomic E-state index is 12.3. The van der Waals surface area contributed by atoms with Crippen LogP contribution in [0.15, 0.2) is 0 Å². The Morgan fingerprint density at radius 2 is 1.33 bits per heavy atom. The molecule has 4 rings (SSSR count). The van der Waals surface area contributed by atoms with Crippen LogP contribution in [0.3, 0.4) is 0 Å². The molecule has 5 heteroatoms. The maximum Gasteiger partial charge on any atom is 0.410 e. The number of piperazine rings is 1. The van der Waals surface area contributed by atoms with Crippen LogP contribution in [0.5, 0.6) is 0 Å². The first-order valence-electron chi connectivity index (χ1n) is 12.3. The van der Waals surface area contributed by atoms with Gasteiger partial charge in [-0.05, 0) is 99.3 Å². The molecule has 4 unspecified atom stereocenters. The molecule has 0 radical (unpaired) electrons. The third kappa shape index (κ3) is 5.91. The minimum atomic E-state index is -0.405. The molecule has 0 spiro atoms. The van der Waals surface area contributed by atoms with E-state index in [4.69, 9.17) is 4.74 Å². The summed E-state index contributed by atoms with van der Waals surface area (Å²) in [4.78, 5) is 19.5. The van der Waals surface area contributed by atoms with E-state index in [2.05, 4.69) is 44.4 Å². The Hall–Kier alpha value is -0.810. The van der Waals surface area contributed by atoms with Gasteiger partial charge in [-0.15, -0.1) is 0 Å². The average Bonchev–Trinajstić information content (AvgIpc) is 3.08. The van der Waals surface area contributed by atoms with Crippen LogP contribution in [-0.2, 0) is 4.74 Å². The number of rotatable bonds is 1. The SMILES string of the molecule is CC(C)(C)OC(=O)N1C2CCC1CN(C(C)(C)C)C2.CC(C)N1CC2CCC(C2)C1. The monoisotopic (exact) mass is 421 g/mol. The number of piperidine rings is 1. The summed E-state index contributed by atoms with van der Waals surface area (Å²) in [5.74, 6) is 2.10. The number of hydrogen-bond acceptors (Lipinski definition) is 4. The summed E-state index contributed by atoms with van der Waals surface area (Å²) in [6, 6.07) is 1.43. The Labute approximate surface area is 185 Å². The van der Waals surface area contributed by atoms with Gasteiger partial charge in [0.25, 0.3) is 0 Å². The predicted octanol–water partition coefficient (Wildman–Crippen LogP) is 5.00. The van der Waals surface area contributed by atoms with Crippen molar-refractivity contribution in [3.8, 4) is 0 Å². The highest BCUT2D eigenvalue weighted by Gasteiger charge is 2.46. The molecule has 3 saturated heterocycles. The van der Waals surface area contributed by atoms with E-state index in [1.165, 1.54) is 32.4 Å². The third-order valence-electron chi connectivity index (χ3n) is 7.40. The van der Waals surface area contributed by atoms with E-state index < -0.39 is 5.60 Å². The summed E-state index contributed by atoms with van der Waals surface area (Å²) in [7, 11) is 0. The van der Waals surface area contributed by atoms with Crippen LogP contribution in [0.25, 0.3) is 0 Å². The topological polar surface area (TPSA) is 36.0 Å². The first kappa shape index (κ1) is 23.8. The molecule has 0 aromatic carbocycles. The highest BCUT2D eigenvalue weighted by molar-refractivity contribution is 5.69. The predicted molar refractivity (Wildman–Crippen MR) is 124 cm³/mol. The van der Waals surface area contributed by atoms with E-state index in [9.17, 15) is 4.79 Å². The number of carbonyl (C=O) groups is 1. The van der Waals surface area contributed by atoms with Crippen LogP contribution in [-0.4, -0.2) is 76.2 Å². The minimum absolute atomic E-state index is 0.131. The van der Waals surface area contributed by atoms with Gasteiger partial charge in [-0.1, -0.05) is 0 Å². The number of likely N-dealkylation sites (tertiary alicyclic amines) is 2. The maximum atomic E-state index is 12.3. The fourth-order valence-electron chi connectivity index (χ4n) is 5.73. The Kier molecular flexibility index (Phi) is 7.13. The van der Waals surface area contributed by atoms with E-state index in [1.54, 1.807) is 0 Å². The van der Waals surface area contributed by atoms with E-state index in [-0.39, 0.29) is 11.6 Å². The van der Waals surface area contributed by atoms with Crippen molar-refractivity contribution in [1.82, 2.24) is 14.7 Å². The molecule has 0 aromatic heterocycles. The van der Waals surface area contributed by atoms with Gasteiger partial charge in [-0.25, -0.2) is 4.79 Å². The van der Waals surface area contributed by atoms with Crippen LogP contribution in [0.4, 0.5) is 4.79 Å². The molecule has 3 heterocycles. The number of amides is 1. The first-order valence-corrected chi connectivity index (χ1v) is 12.3. The fourth-order valence-corrected chi connectivity index (χ4v) is 5.73. The number of nitrogens with zero attached hydrogens (tertiary/aromatic N) is 3. The summed E-state index contributed by atoms with van der Waals surface area (Å²) in [5.41, 5.74) is -0.224. The van der Waals surface area contributed by atoms with Gasteiger partial charge in [-0.3, -0.25) is 9.80 Å². The van der Waals surface area contributed by atoms with Crippen LogP contribution < -0.4 is 0 Å². The smallest absolute Gasteiger partial charge is 0.410 e. The number of ether oxygens (including phenoxy) is 1. The highest BCUT2D eigenvalue weighted by Crippen LogP contribution is 2.37. The van der Waals surface area contributed by atoms with Crippen molar-refractivity contribution in [2.75, 3.05) is 26.2 Å². The molecule has 4 aliphatic rings. The van der Waals surface area contributed by atoms with Gasteiger partial charge in [0.15, 0.2) is 0 Å². The Morgan fingerprint density at radius 1 is 0.833 bits per heavy atom. The average molecular weight is 422 g/mol. The lowest BCUT2D eigenvalue weighted by atomic mass is 9.98. The van der Waals surface area contributed by atoms with Crippen molar-refractivity contribution in [3.63, 3.8) is 0 Å². The standard InChI is InChI=1S/C15H28N2O2.C10H19N/c1-14(2,3)16-9-11-7-8-12(10-16)17(11)13(18)19-15(4,5)6;1-8(2)11-6-9-3-4-10(5-9)7-11/h11-12H,7-10H2,1-6H3;8-10H,3-7H2,1-2H3. The second kappa shape index (κ2) is 8.97. The van der Waals surface area contributed by atoms with Crippen molar-refractivity contribution in [3.05, 3.63) is 0 Å². The second-order valence-corrected chi connectivity index (χ2v) is 12.4. The molecule has 4 atom stereocenters. The van der Waals surface area contributed by atoms with Gasteiger partial charge in [0, 0.05) is 49.8 Å². The molecule has 1 amide bonds. The van der Waals surface area contributed by atoms with E-state index in [0.717, 1.165) is 43.8 Å².